The lowest BCUT2D eigenvalue weighted by Crippen LogP contribution is -2.31. The van der Waals surface area contributed by atoms with Gasteiger partial charge >= 0.3 is 6.18 Å². The maximum atomic E-state index is 12.6. The monoisotopic (exact) mass is 318 g/mol. The number of alkyl halides is 3. The predicted molar refractivity (Wildman–Crippen MR) is 76.0 cm³/mol. The zero-order valence-corrected chi connectivity index (χ0v) is 12.1. The number of aromatic nitrogens is 2. The van der Waals surface area contributed by atoms with E-state index in [9.17, 15) is 13.2 Å². The fourth-order valence-electron chi connectivity index (χ4n) is 2.65. The maximum absolute atomic E-state index is 12.6. The molecule has 0 spiro atoms. The molecule has 0 aliphatic carbocycles. The van der Waals surface area contributed by atoms with Crippen LogP contribution >= 0.6 is 0 Å². The second-order valence-electron chi connectivity index (χ2n) is 5.39. The smallest absolute Gasteiger partial charge is 0.294 e. The Morgan fingerprint density at radius 3 is 2.78 bits per heavy atom. The van der Waals surface area contributed by atoms with Crippen LogP contribution in [0.5, 0.6) is 0 Å². The summed E-state index contributed by atoms with van der Waals surface area (Å²) < 4.78 is 37.9. The summed E-state index contributed by atoms with van der Waals surface area (Å²) in [5.74, 6) is -1.08. The maximum Gasteiger partial charge on any atom is 0.451 e. The third kappa shape index (κ3) is 3.32. The van der Waals surface area contributed by atoms with Crippen molar-refractivity contribution in [2.45, 2.75) is 25.7 Å². The molecule has 3 rings (SSSR count). The fraction of sp³-hybridized carbons (Fsp3) is 0.312. The zero-order valence-electron chi connectivity index (χ0n) is 12.1. The van der Waals surface area contributed by atoms with Crippen LogP contribution in [0.15, 0.2) is 30.5 Å². The summed E-state index contributed by atoms with van der Waals surface area (Å²) in [6.45, 7) is 1.65. The second-order valence-corrected chi connectivity index (χ2v) is 5.39. The molecule has 0 amide bonds. The van der Waals surface area contributed by atoms with E-state index >= 15 is 0 Å². The van der Waals surface area contributed by atoms with Crippen LogP contribution in [-0.4, -0.2) is 21.4 Å². The van der Waals surface area contributed by atoms with E-state index in [2.05, 4.69) is 20.9 Å². The normalized spacial score (nSPS) is 15.0. The van der Waals surface area contributed by atoms with Crippen LogP contribution in [0.1, 0.15) is 28.2 Å². The van der Waals surface area contributed by atoms with Crippen LogP contribution in [0, 0.1) is 11.3 Å². The van der Waals surface area contributed by atoms with Crippen molar-refractivity contribution < 1.29 is 13.2 Å². The van der Waals surface area contributed by atoms with Gasteiger partial charge in [0.25, 0.3) is 0 Å². The molecule has 4 nitrogen and oxygen atoms in total. The summed E-state index contributed by atoms with van der Waals surface area (Å²) in [6.07, 6.45) is -2.82. The van der Waals surface area contributed by atoms with E-state index in [1.54, 1.807) is 12.1 Å². The number of nitrogens with zero attached hydrogens (tertiary/aromatic N) is 4. The van der Waals surface area contributed by atoms with E-state index in [0.717, 1.165) is 5.56 Å². The van der Waals surface area contributed by atoms with Crippen molar-refractivity contribution in [3.05, 3.63) is 58.7 Å². The Bertz CT molecular complexity index is 765. The van der Waals surface area contributed by atoms with Gasteiger partial charge in [-0.1, -0.05) is 18.2 Å². The van der Waals surface area contributed by atoms with Crippen LogP contribution < -0.4 is 0 Å². The third-order valence-corrected chi connectivity index (χ3v) is 3.80. The highest BCUT2D eigenvalue weighted by Gasteiger charge is 2.35. The molecular formula is C16H13F3N4. The van der Waals surface area contributed by atoms with Gasteiger partial charge < -0.3 is 0 Å². The molecule has 0 saturated carbocycles. The van der Waals surface area contributed by atoms with Crippen molar-refractivity contribution >= 4 is 0 Å². The summed E-state index contributed by atoms with van der Waals surface area (Å²) in [5, 5.41) is 9.12. The van der Waals surface area contributed by atoms with Gasteiger partial charge in [-0.3, -0.25) is 4.90 Å². The number of halogens is 3. The van der Waals surface area contributed by atoms with Crippen molar-refractivity contribution in [1.29, 1.82) is 5.26 Å². The molecule has 23 heavy (non-hydrogen) atoms. The van der Waals surface area contributed by atoms with Crippen LogP contribution in [0.3, 0.4) is 0 Å². The fourth-order valence-corrected chi connectivity index (χ4v) is 2.65. The van der Waals surface area contributed by atoms with Crippen LogP contribution in [0.4, 0.5) is 13.2 Å². The molecule has 0 atom stereocenters. The summed E-state index contributed by atoms with van der Waals surface area (Å²) in [4.78, 5) is 9.15. The average Bonchev–Trinajstić information content (AvgIpc) is 2.54. The van der Waals surface area contributed by atoms with Gasteiger partial charge in [0, 0.05) is 37.8 Å². The molecule has 2 heterocycles. The molecule has 1 aromatic heterocycles. The van der Waals surface area contributed by atoms with Crippen LogP contribution in [0.2, 0.25) is 0 Å². The van der Waals surface area contributed by atoms with Crippen molar-refractivity contribution in [1.82, 2.24) is 14.9 Å². The number of hydrogen-bond acceptors (Lipinski definition) is 4. The second kappa shape index (κ2) is 5.97. The summed E-state index contributed by atoms with van der Waals surface area (Å²) in [7, 11) is 0. The number of benzene rings is 1. The molecule has 0 bridgehead atoms. The Labute approximate surface area is 131 Å². The molecule has 1 aliphatic heterocycles. The van der Waals surface area contributed by atoms with Crippen molar-refractivity contribution in [2.75, 3.05) is 6.54 Å². The Balaban J connectivity index is 1.77. The number of fused-ring (bicyclic) bond motifs is 1. The average molecular weight is 318 g/mol. The first kappa shape index (κ1) is 15.4. The molecule has 2 aromatic rings. The molecule has 118 valence electrons. The summed E-state index contributed by atoms with van der Waals surface area (Å²) in [5.41, 5.74) is 2.68. The minimum Gasteiger partial charge on any atom is -0.294 e. The van der Waals surface area contributed by atoms with Gasteiger partial charge in [0.1, 0.15) is 0 Å². The van der Waals surface area contributed by atoms with E-state index in [1.807, 2.05) is 12.1 Å². The molecule has 0 radical (unpaired) electrons. The largest absolute Gasteiger partial charge is 0.451 e. The first-order valence-electron chi connectivity index (χ1n) is 7.09. The summed E-state index contributed by atoms with van der Waals surface area (Å²) >= 11 is 0. The van der Waals surface area contributed by atoms with Crippen molar-refractivity contribution in [2.24, 2.45) is 0 Å². The third-order valence-electron chi connectivity index (χ3n) is 3.80. The van der Waals surface area contributed by atoms with E-state index in [4.69, 9.17) is 5.26 Å². The first-order chi connectivity index (χ1) is 11.0. The Morgan fingerprint density at radius 2 is 2.04 bits per heavy atom. The van der Waals surface area contributed by atoms with Gasteiger partial charge in [-0.25, -0.2) is 9.97 Å². The molecule has 0 N–H and O–H groups in total. The highest BCUT2D eigenvalue weighted by molar-refractivity contribution is 5.37. The first-order valence-corrected chi connectivity index (χ1v) is 7.09. The molecular weight excluding hydrogens is 305 g/mol. The van der Waals surface area contributed by atoms with E-state index in [0.29, 0.717) is 42.9 Å². The van der Waals surface area contributed by atoms with Crippen LogP contribution in [0.25, 0.3) is 0 Å². The van der Waals surface area contributed by atoms with Gasteiger partial charge in [0.15, 0.2) is 0 Å². The lowest BCUT2D eigenvalue weighted by atomic mass is 10.0. The highest BCUT2D eigenvalue weighted by Crippen LogP contribution is 2.28. The standard InChI is InChI=1S/C16H13F3N4/c17-16(18,19)15-21-8-13-10-23(6-5-14(13)22-15)9-12-4-2-1-3-11(12)7-20/h1-4,8H,5-6,9-10H2. The predicted octanol–water partition coefficient (Wildman–Crippen LogP) is 2.93. The van der Waals surface area contributed by atoms with E-state index in [-0.39, 0.29) is 0 Å². The molecule has 1 aromatic carbocycles. The minimum atomic E-state index is -4.52. The zero-order chi connectivity index (χ0) is 16.4. The molecule has 0 saturated heterocycles. The molecule has 0 unspecified atom stereocenters. The Kier molecular flexibility index (Phi) is 4.01. The van der Waals surface area contributed by atoms with Gasteiger partial charge in [0.2, 0.25) is 5.82 Å². The molecule has 1 aliphatic rings. The minimum absolute atomic E-state index is 0.440. The number of rotatable bonds is 2. The van der Waals surface area contributed by atoms with Crippen molar-refractivity contribution in [3.63, 3.8) is 0 Å². The van der Waals surface area contributed by atoms with Gasteiger partial charge in [-0.2, -0.15) is 18.4 Å². The molecule has 7 heteroatoms. The quantitative estimate of drug-likeness (QED) is 0.854. The number of nitriles is 1. The number of hydrogen-bond donors (Lipinski definition) is 0. The SMILES string of the molecule is N#Cc1ccccc1CN1CCc2nc(C(F)(F)F)ncc2C1. The topological polar surface area (TPSA) is 52.8 Å². The Hall–Kier alpha value is -2.46. The van der Waals surface area contributed by atoms with Gasteiger partial charge in [-0.15, -0.1) is 0 Å². The lowest BCUT2D eigenvalue weighted by Gasteiger charge is -2.28. The van der Waals surface area contributed by atoms with Gasteiger partial charge in [-0.05, 0) is 11.6 Å². The highest BCUT2D eigenvalue weighted by atomic mass is 19.4. The van der Waals surface area contributed by atoms with Gasteiger partial charge in [0.05, 0.1) is 17.3 Å². The summed E-state index contributed by atoms with van der Waals surface area (Å²) in [6, 6.07) is 9.47. The van der Waals surface area contributed by atoms with Crippen LogP contribution in [-0.2, 0) is 25.7 Å². The van der Waals surface area contributed by atoms with E-state index < -0.39 is 12.0 Å². The lowest BCUT2D eigenvalue weighted by molar-refractivity contribution is -0.145. The van der Waals surface area contributed by atoms with E-state index in [1.165, 1.54) is 6.20 Å². The molecule has 0 fully saturated rings. The Morgan fingerprint density at radius 1 is 1.26 bits per heavy atom. The van der Waals surface area contributed by atoms with Crippen molar-refractivity contribution in [3.8, 4) is 6.07 Å².